The first-order chi connectivity index (χ1) is 10.2. The number of benzene rings is 1. The first kappa shape index (κ1) is 16.3. The smallest absolute Gasteiger partial charge is 0.119 e. The summed E-state index contributed by atoms with van der Waals surface area (Å²) < 4.78 is 5.76. The SMILES string of the molecule is CC(C)NCC1CCCN(CCCOc2ccccc2)C1. The van der Waals surface area contributed by atoms with Gasteiger partial charge in [-0.15, -0.1) is 0 Å². The van der Waals surface area contributed by atoms with Crippen molar-refractivity contribution in [3.05, 3.63) is 30.3 Å². The van der Waals surface area contributed by atoms with Gasteiger partial charge in [-0.3, -0.25) is 0 Å². The second kappa shape index (κ2) is 9.06. The molecule has 1 aliphatic heterocycles. The maximum atomic E-state index is 5.76. The first-order valence-electron chi connectivity index (χ1n) is 8.37. The van der Waals surface area contributed by atoms with Crippen molar-refractivity contribution in [3.63, 3.8) is 0 Å². The Balaban J connectivity index is 1.59. The maximum Gasteiger partial charge on any atom is 0.119 e. The van der Waals surface area contributed by atoms with Gasteiger partial charge >= 0.3 is 0 Å². The number of para-hydroxylation sites is 1. The topological polar surface area (TPSA) is 24.5 Å². The minimum Gasteiger partial charge on any atom is -0.494 e. The van der Waals surface area contributed by atoms with Gasteiger partial charge in [0.2, 0.25) is 0 Å². The van der Waals surface area contributed by atoms with Crippen LogP contribution >= 0.6 is 0 Å². The van der Waals surface area contributed by atoms with Gasteiger partial charge in [-0.1, -0.05) is 32.0 Å². The Morgan fingerprint density at radius 1 is 1.29 bits per heavy atom. The van der Waals surface area contributed by atoms with Crippen LogP contribution in [0.25, 0.3) is 0 Å². The number of likely N-dealkylation sites (tertiary alicyclic amines) is 1. The summed E-state index contributed by atoms with van der Waals surface area (Å²) in [5.74, 6) is 1.80. The lowest BCUT2D eigenvalue weighted by molar-refractivity contribution is 0.159. The fraction of sp³-hybridized carbons (Fsp3) is 0.667. The van der Waals surface area contributed by atoms with Crippen molar-refractivity contribution in [3.8, 4) is 5.75 Å². The number of hydrogen-bond donors (Lipinski definition) is 1. The van der Waals surface area contributed by atoms with E-state index in [0.717, 1.165) is 37.8 Å². The molecule has 21 heavy (non-hydrogen) atoms. The first-order valence-corrected chi connectivity index (χ1v) is 8.37. The third kappa shape index (κ3) is 6.49. The summed E-state index contributed by atoms with van der Waals surface area (Å²) in [5.41, 5.74) is 0. The summed E-state index contributed by atoms with van der Waals surface area (Å²) in [6.45, 7) is 10.1. The van der Waals surface area contributed by atoms with E-state index in [1.165, 1.54) is 25.9 Å². The zero-order valence-corrected chi connectivity index (χ0v) is 13.6. The average Bonchev–Trinajstić information content (AvgIpc) is 2.51. The van der Waals surface area contributed by atoms with E-state index < -0.39 is 0 Å². The molecule has 0 aromatic heterocycles. The van der Waals surface area contributed by atoms with Gasteiger partial charge in [0, 0.05) is 19.1 Å². The Bertz CT molecular complexity index is 380. The van der Waals surface area contributed by atoms with Crippen LogP contribution in [-0.4, -0.2) is 43.7 Å². The second-order valence-corrected chi connectivity index (χ2v) is 6.39. The Kier molecular flexibility index (Phi) is 7.04. The monoisotopic (exact) mass is 290 g/mol. The van der Waals surface area contributed by atoms with E-state index in [9.17, 15) is 0 Å². The molecule has 1 heterocycles. The normalized spacial score (nSPS) is 19.9. The molecular weight excluding hydrogens is 260 g/mol. The van der Waals surface area contributed by atoms with E-state index in [4.69, 9.17) is 4.74 Å². The molecular formula is C18H30N2O. The molecule has 1 unspecified atom stereocenters. The van der Waals surface area contributed by atoms with Gasteiger partial charge < -0.3 is 15.0 Å². The van der Waals surface area contributed by atoms with E-state index >= 15 is 0 Å². The summed E-state index contributed by atoms with van der Waals surface area (Å²) in [6, 6.07) is 10.7. The summed E-state index contributed by atoms with van der Waals surface area (Å²) in [7, 11) is 0. The molecule has 1 aliphatic rings. The van der Waals surface area contributed by atoms with Crippen molar-refractivity contribution < 1.29 is 4.74 Å². The van der Waals surface area contributed by atoms with Gasteiger partial charge in [0.25, 0.3) is 0 Å². The van der Waals surface area contributed by atoms with E-state index in [1.807, 2.05) is 30.3 Å². The second-order valence-electron chi connectivity index (χ2n) is 6.39. The van der Waals surface area contributed by atoms with Crippen molar-refractivity contribution in [1.29, 1.82) is 0 Å². The molecule has 0 bridgehead atoms. The number of nitrogens with zero attached hydrogens (tertiary/aromatic N) is 1. The maximum absolute atomic E-state index is 5.76. The van der Waals surface area contributed by atoms with Crippen molar-refractivity contribution in [2.24, 2.45) is 5.92 Å². The van der Waals surface area contributed by atoms with Gasteiger partial charge in [-0.25, -0.2) is 0 Å². The number of ether oxygens (including phenoxy) is 1. The van der Waals surface area contributed by atoms with Crippen LogP contribution in [0.4, 0.5) is 0 Å². The Morgan fingerprint density at radius 2 is 2.10 bits per heavy atom. The van der Waals surface area contributed by atoms with Crippen LogP contribution in [0.2, 0.25) is 0 Å². The zero-order chi connectivity index (χ0) is 14.9. The highest BCUT2D eigenvalue weighted by molar-refractivity contribution is 5.20. The molecule has 1 aromatic carbocycles. The quantitative estimate of drug-likeness (QED) is 0.744. The lowest BCUT2D eigenvalue weighted by Crippen LogP contribution is -2.41. The molecule has 0 radical (unpaired) electrons. The van der Waals surface area contributed by atoms with Gasteiger partial charge in [0.05, 0.1) is 6.61 Å². The third-order valence-electron chi connectivity index (χ3n) is 4.05. The van der Waals surface area contributed by atoms with Crippen LogP contribution in [0, 0.1) is 5.92 Å². The molecule has 3 heteroatoms. The van der Waals surface area contributed by atoms with E-state index in [1.54, 1.807) is 0 Å². The standard InChI is InChI=1S/C18H30N2O/c1-16(2)19-14-17-8-6-11-20(15-17)12-7-13-21-18-9-4-3-5-10-18/h3-5,9-10,16-17,19H,6-8,11-15H2,1-2H3. The molecule has 1 aromatic rings. The lowest BCUT2D eigenvalue weighted by atomic mass is 9.97. The fourth-order valence-electron chi connectivity index (χ4n) is 2.92. The molecule has 1 fully saturated rings. The number of hydrogen-bond acceptors (Lipinski definition) is 3. The molecule has 1 N–H and O–H groups in total. The Hall–Kier alpha value is -1.06. The molecule has 0 aliphatic carbocycles. The predicted octanol–water partition coefficient (Wildman–Crippen LogP) is 3.17. The summed E-state index contributed by atoms with van der Waals surface area (Å²) in [4.78, 5) is 2.60. The van der Waals surface area contributed by atoms with E-state index in [-0.39, 0.29) is 0 Å². The Morgan fingerprint density at radius 3 is 2.86 bits per heavy atom. The molecule has 118 valence electrons. The van der Waals surface area contributed by atoms with Crippen LogP contribution < -0.4 is 10.1 Å². The molecule has 2 rings (SSSR count). The number of nitrogens with one attached hydrogen (secondary N) is 1. The molecule has 3 nitrogen and oxygen atoms in total. The Labute approximate surface area is 129 Å². The number of piperidine rings is 1. The summed E-state index contributed by atoms with van der Waals surface area (Å²) in [5, 5.41) is 3.57. The van der Waals surface area contributed by atoms with Crippen LogP contribution in [0.3, 0.4) is 0 Å². The third-order valence-corrected chi connectivity index (χ3v) is 4.05. The molecule has 0 spiro atoms. The van der Waals surface area contributed by atoms with Crippen LogP contribution in [0.1, 0.15) is 33.1 Å². The van der Waals surface area contributed by atoms with E-state index in [0.29, 0.717) is 6.04 Å². The van der Waals surface area contributed by atoms with Crippen molar-refractivity contribution in [1.82, 2.24) is 10.2 Å². The lowest BCUT2D eigenvalue weighted by Gasteiger charge is -2.33. The molecule has 1 atom stereocenters. The van der Waals surface area contributed by atoms with Gasteiger partial charge in [-0.2, -0.15) is 0 Å². The van der Waals surface area contributed by atoms with Gasteiger partial charge in [-0.05, 0) is 50.4 Å². The highest BCUT2D eigenvalue weighted by atomic mass is 16.5. The van der Waals surface area contributed by atoms with Crippen molar-refractivity contribution in [2.75, 3.05) is 32.8 Å². The minimum absolute atomic E-state index is 0.597. The molecule has 0 saturated carbocycles. The average molecular weight is 290 g/mol. The van der Waals surface area contributed by atoms with Crippen LogP contribution in [0.15, 0.2) is 30.3 Å². The van der Waals surface area contributed by atoms with E-state index in [2.05, 4.69) is 24.1 Å². The van der Waals surface area contributed by atoms with Crippen molar-refractivity contribution >= 4 is 0 Å². The van der Waals surface area contributed by atoms with Crippen LogP contribution in [0.5, 0.6) is 5.75 Å². The largest absolute Gasteiger partial charge is 0.494 e. The fourth-order valence-corrected chi connectivity index (χ4v) is 2.92. The van der Waals surface area contributed by atoms with Gasteiger partial charge in [0.15, 0.2) is 0 Å². The van der Waals surface area contributed by atoms with Crippen LogP contribution in [-0.2, 0) is 0 Å². The van der Waals surface area contributed by atoms with Gasteiger partial charge in [0.1, 0.15) is 5.75 Å². The predicted molar refractivity (Wildman–Crippen MR) is 88.9 cm³/mol. The minimum atomic E-state index is 0.597. The van der Waals surface area contributed by atoms with Crippen molar-refractivity contribution in [2.45, 2.75) is 39.2 Å². The summed E-state index contributed by atoms with van der Waals surface area (Å²) in [6.07, 6.45) is 3.82. The highest BCUT2D eigenvalue weighted by Gasteiger charge is 2.19. The molecule has 1 saturated heterocycles. The zero-order valence-electron chi connectivity index (χ0n) is 13.6. The number of rotatable bonds is 8. The molecule has 0 amide bonds. The summed E-state index contributed by atoms with van der Waals surface area (Å²) >= 11 is 0. The highest BCUT2D eigenvalue weighted by Crippen LogP contribution is 2.16.